The maximum absolute atomic E-state index is 12.0. The quantitative estimate of drug-likeness (QED) is 0.813. The summed E-state index contributed by atoms with van der Waals surface area (Å²) >= 11 is 0. The number of rotatable bonds is 7. The minimum Gasteiger partial charge on any atom is -0.379 e. The van der Waals surface area contributed by atoms with E-state index in [2.05, 4.69) is 5.32 Å². The first-order valence-electron chi connectivity index (χ1n) is 6.99. The first kappa shape index (κ1) is 19.9. The van der Waals surface area contributed by atoms with Gasteiger partial charge in [0.05, 0.1) is 5.60 Å². The molecule has 0 aromatic heterocycles. The van der Waals surface area contributed by atoms with E-state index in [0.29, 0.717) is 6.42 Å². The van der Waals surface area contributed by atoms with Gasteiger partial charge in [-0.1, -0.05) is 30.3 Å². The van der Waals surface area contributed by atoms with Crippen LogP contribution in [0.5, 0.6) is 0 Å². The van der Waals surface area contributed by atoms with Crippen molar-refractivity contribution in [1.29, 1.82) is 0 Å². The Morgan fingerprint density at radius 2 is 1.90 bits per heavy atom. The third-order valence-electron chi connectivity index (χ3n) is 3.39. The Labute approximate surface area is 133 Å². The molecule has 2 unspecified atom stereocenters. The molecular weight excluding hydrogens is 288 g/mol. The number of ether oxygens (including phenoxy) is 1. The number of hydrogen-bond donors (Lipinski definition) is 2. The molecule has 0 aliphatic heterocycles. The highest BCUT2D eigenvalue weighted by Crippen LogP contribution is 2.16. The van der Waals surface area contributed by atoms with E-state index in [9.17, 15) is 4.79 Å². The van der Waals surface area contributed by atoms with Crippen molar-refractivity contribution in [3.63, 3.8) is 0 Å². The van der Waals surface area contributed by atoms with E-state index in [0.717, 1.165) is 12.0 Å². The molecule has 2 atom stereocenters. The lowest BCUT2D eigenvalue weighted by Crippen LogP contribution is -2.39. The summed E-state index contributed by atoms with van der Waals surface area (Å²) in [6, 6.07) is 9.46. The molecule has 1 amide bonds. The van der Waals surface area contributed by atoms with Crippen molar-refractivity contribution >= 4 is 18.3 Å². The molecule has 5 heteroatoms. The van der Waals surface area contributed by atoms with E-state index in [-0.39, 0.29) is 36.0 Å². The van der Waals surface area contributed by atoms with Crippen molar-refractivity contribution < 1.29 is 9.53 Å². The maximum Gasteiger partial charge on any atom is 0.222 e. The lowest BCUT2D eigenvalue weighted by atomic mass is 9.99. The van der Waals surface area contributed by atoms with Gasteiger partial charge in [-0.25, -0.2) is 0 Å². The maximum atomic E-state index is 12.0. The van der Waals surface area contributed by atoms with Crippen LogP contribution in [-0.4, -0.2) is 24.7 Å². The standard InChI is InChI=1S/C16H26N2O2.ClH/c1-12(11-16(2,3)20-4)18-15(19)10-14(17)13-8-6-5-7-9-13;/h5-9,12,14H,10-11,17H2,1-4H3,(H,18,19);1H. The molecule has 0 saturated heterocycles. The van der Waals surface area contributed by atoms with E-state index < -0.39 is 0 Å². The fourth-order valence-corrected chi connectivity index (χ4v) is 2.22. The Morgan fingerprint density at radius 3 is 2.43 bits per heavy atom. The topological polar surface area (TPSA) is 64.3 Å². The predicted octanol–water partition coefficient (Wildman–Crippen LogP) is 2.82. The van der Waals surface area contributed by atoms with Crippen molar-refractivity contribution in [2.45, 2.75) is 51.3 Å². The summed E-state index contributed by atoms with van der Waals surface area (Å²) in [5, 5.41) is 2.97. The van der Waals surface area contributed by atoms with Gasteiger partial charge in [0.1, 0.15) is 0 Å². The summed E-state index contributed by atoms with van der Waals surface area (Å²) in [4.78, 5) is 12.0. The van der Waals surface area contributed by atoms with Gasteiger partial charge in [-0.2, -0.15) is 0 Å². The highest BCUT2D eigenvalue weighted by molar-refractivity contribution is 5.85. The van der Waals surface area contributed by atoms with Crippen LogP contribution < -0.4 is 11.1 Å². The van der Waals surface area contributed by atoms with Gasteiger partial charge in [-0.15, -0.1) is 12.4 Å². The number of nitrogens with two attached hydrogens (primary N) is 1. The van der Waals surface area contributed by atoms with Crippen LogP contribution in [0, 0.1) is 0 Å². The molecule has 120 valence electrons. The average Bonchev–Trinajstić information content (AvgIpc) is 2.38. The lowest BCUT2D eigenvalue weighted by molar-refractivity contribution is -0.122. The second-order valence-electron chi connectivity index (χ2n) is 5.86. The molecule has 1 rings (SSSR count). The molecule has 0 aliphatic rings. The molecule has 21 heavy (non-hydrogen) atoms. The molecule has 0 aliphatic carbocycles. The molecule has 4 nitrogen and oxygen atoms in total. The van der Waals surface area contributed by atoms with E-state index >= 15 is 0 Å². The van der Waals surface area contributed by atoms with Crippen molar-refractivity contribution in [3.8, 4) is 0 Å². The number of hydrogen-bond acceptors (Lipinski definition) is 3. The van der Waals surface area contributed by atoms with Crippen LogP contribution in [0.3, 0.4) is 0 Å². The Balaban J connectivity index is 0.00000400. The van der Waals surface area contributed by atoms with Gasteiger partial charge in [0.2, 0.25) is 5.91 Å². The Morgan fingerprint density at radius 1 is 1.33 bits per heavy atom. The summed E-state index contributed by atoms with van der Waals surface area (Å²) in [5.41, 5.74) is 6.78. The summed E-state index contributed by atoms with van der Waals surface area (Å²) in [5.74, 6) is -0.0271. The van der Waals surface area contributed by atoms with Crippen LogP contribution >= 0.6 is 12.4 Å². The van der Waals surface area contributed by atoms with Gasteiger partial charge in [0.15, 0.2) is 0 Å². The summed E-state index contributed by atoms with van der Waals surface area (Å²) in [6.45, 7) is 5.99. The van der Waals surface area contributed by atoms with Gasteiger partial charge < -0.3 is 15.8 Å². The normalized spacial score (nSPS) is 14.0. The van der Waals surface area contributed by atoms with Crippen LogP contribution in [0.25, 0.3) is 0 Å². The molecule has 1 aromatic carbocycles. The summed E-state index contributed by atoms with van der Waals surface area (Å²) < 4.78 is 5.36. The summed E-state index contributed by atoms with van der Waals surface area (Å²) in [7, 11) is 1.68. The second kappa shape index (κ2) is 9.03. The first-order chi connectivity index (χ1) is 9.34. The highest BCUT2D eigenvalue weighted by Gasteiger charge is 2.21. The van der Waals surface area contributed by atoms with Crippen LogP contribution in [0.2, 0.25) is 0 Å². The zero-order valence-electron chi connectivity index (χ0n) is 13.3. The molecule has 0 radical (unpaired) electrons. The fraction of sp³-hybridized carbons (Fsp3) is 0.562. The zero-order chi connectivity index (χ0) is 15.2. The van der Waals surface area contributed by atoms with Gasteiger partial charge in [-0.3, -0.25) is 4.79 Å². The van der Waals surface area contributed by atoms with Gasteiger partial charge in [0.25, 0.3) is 0 Å². The predicted molar refractivity (Wildman–Crippen MR) is 88.5 cm³/mol. The van der Waals surface area contributed by atoms with E-state index in [1.54, 1.807) is 7.11 Å². The number of halogens is 1. The molecule has 1 aromatic rings. The van der Waals surface area contributed by atoms with Crippen LogP contribution in [0.15, 0.2) is 30.3 Å². The minimum atomic E-state index is -0.265. The van der Waals surface area contributed by atoms with E-state index in [1.165, 1.54) is 0 Å². The Bertz CT molecular complexity index is 424. The van der Waals surface area contributed by atoms with Crippen molar-refractivity contribution in [1.82, 2.24) is 5.32 Å². The molecule has 0 heterocycles. The van der Waals surface area contributed by atoms with Crippen LogP contribution in [-0.2, 0) is 9.53 Å². The molecule has 0 spiro atoms. The molecule has 0 saturated carbocycles. The molecular formula is C16H27ClN2O2. The van der Waals surface area contributed by atoms with Crippen molar-refractivity contribution in [2.75, 3.05) is 7.11 Å². The third-order valence-corrected chi connectivity index (χ3v) is 3.39. The smallest absolute Gasteiger partial charge is 0.222 e. The fourth-order valence-electron chi connectivity index (χ4n) is 2.22. The molecule has 0 bridgehead atoms. The number of amides is 1. The van der Waals surface area contributed by atoms with Gasteiger partial charge in [0, 0.05) is 25.6 Å². The highest BCUT2D eigenvalue weighted by atomic mass is 35.5. The van der Waals surface area contributed by atoms with Crippen molar-refractivity contribution in [2.24, 2.45) is 5.73 Å². The number of carbonyl (C=O) groups is 1. The molecule has 0 fully saturated rings. The lowest BCUT2D eigenvalue weighted by Gasteiger charge is -2.27. The third kappa shape index (κ3) is 7.46. The first-order valence-corrected chi connectivity index (χ1v) is 6.99. The second-order valence-corrected chi connectivity index (χ2v) is 5.86. The van der Waals surface area contributed by atoms with Crippen LogP contribution in [0.4, 0.5) is 0 Å². The van der Waals surface area contributed by atoms with Gasteiger partial charge in [-0.05, 0) is 32.8 Å². The zero-order valence-corrected chi connectivity index (χ0v) is 14.1. The Hall–Kier alpha value is -1.10. The number of nitrogens with one attached hydrogen (secondary N) is 1. The SMILES string of the molecule is COC(C)(C)CC(C)NC(=O)CC(N)c1ccccc1.Cl. The average molecular weight is 315 g/mol. The monoisotopic (exact) mass is 314 g/mol. The summed E-state index contributed by atoms with van der Waals surface area (Å²) in [6.07, 6.45) is 1.05. The molecule has 3 N–H and O–H groups in total. The van der Waals surface area contributed by atoms with Crippen molar-refractivity contribution in [3.05, 3.63) is 35.9 Å². The van der Waals surface area contributed by atoms with Gasteiger partial charge >= 0.3 is 0 Å². The minimum absolute atomic E-state index is 0. The van der Waals surface area contributed by atoms with E-state index in [1.807, 2.05) is 51.1 Å². The van der Waals surface area contributed by atoms with E-state index in [4.69, 9.17) is 10.5 Å². The number of methoxy groups -OCH3 is 1. The Kier molecular flexibility index (Phi) is 8.55. The number of carbonyl (C=O) groups excluding carboxylic acids is 1. The van der Waals surface area contributed by atoms with Crippen LogP contribution in [0.1, 0.15) is 45.2 Å². The largest absolute Gasteiger partial charge is 0.379 e. The number of benzene rings is 1.